The highest BCUT2D eigenvalue weighted by Gasteiger charge is 2.10. The lowest BCUT2D eigenvalue weighted by Crippen LogP contribution is -1.99. The number of aryl methyl sites for hydroxylation is 4. The molecule has 0 aliphatic carbocycles. The van der Waals surface area contributed by atoms with E-state index in [1.165, 1.54) is 16.7 Å². The van der Waals surface area contributed by atoms with E-state index in [9.17, 15) is 0 Å². The third-order valence-electron chi connectivity index (χ3n) is 2.80. The normalized spacial score (nSPS) is 10.5. The highest BCUT2D eigenvalue weighted by molar-refractivity contribution is 5.71. The first-order chi connectivity index (χ1) is 7.59. The van der Waals surface area contributed by atoms with Crippen LogP contribution in [-0.2, 0) is 0 Å². The van der Waals surface area contributed by atoms with Crippen LogP contribution in [0.1, 0.15) is 22.8 Å². The van der Waals surface area contributed by atoms with Crippen LogP contribution in [0.15, 0.2) is 24.3 Å². The highest BCUT2D eigenvalue weighted by atomic mass is 14.9. The van der Waals surface area contributed by atoms with Crippen molar-refractivity contribution in [3.05, 3.63) is 47.0 Å². The van der Waals surface area contributed by atoms with E-state index < -0.39 is 0 Å². The van der Waals surface area contributed by atoms with Crippen LogP contribution >= 0.6 is 0 Å². The largest absolute Gasteiger partial charge is 0.238 e. The van der Waals surface area contributed by atoms with Gasteiger partial charge in [-0.15, -0.1) is 0 Å². The van der Waals surface area contributed by atoms with E-state index in [0.717, 1.165) is 17.2 Å². The Balaban J connectivity index is 2.70. The third kappa shape index (κ3) is 1.83. The molecule has 1 heterocycles. The van der Waals surface area contributed by atoms with Gasteiger partial charge in [0.15, 0.2) is 0 Å². The molecule has 0 bridgehead atoms. The zero-order valence-electron chi connectivity index (χ0n) is 10.2. The first-order valence-electron chi connectivity index (χ1n) is 5.47. The smallest absolute Gasteiger partial charge is 0.125 e. The fourth-order valence-corrected chi connectivity index (χ4v) is 2.13. The van der Waals surface area contributed by atoms with Crippen molar-refractivity contribution in [3.8, 4) is 11.1 Å². The molecule has 16 heavy (non-hydrogen) atoms. The van der Waals surface area contributed by atoms with Crippen LogP contribution in [0.5, 0.6) is 0 Å². The molecule has 0 fully saturated rings. The summed E-state index contributed by atoms with van der Waals surface area (Å²) >= 11 is 0. The van der Waals surface area contributed by atoms with Gasteiger partial charge in [0, 0.05) is 17.0 Å². The summed E-state index contributed by atoms with van der Waals surface area (Å²) in [5.74, 6) is 0.840. The minimum atomic E-state index is 0.840. The molecule has 0 aliphatic rings. The van der Waals surface area contributed by atoms with Crippen molar-refractivity contribution in [2.24, 2.45) is 0 Å². The Morgan fingerprint density at radius 2 is 1.38 bits per heavy atom. The van der Waals surface area contributed by atoms with Gasteiger partial charge in [0.1, 0.15) is 5.82 Å². The van der Waals surface area contributed by atoms with Gasteiger partial charge in [-0.3, -0.25) is 0 Å². The first-order valence-corrected chi connectivity index (χ1v) is 5.47. The van der Waals surface area contributed by atoms with Gasteiger partial charge in [-0.2, -0.15) is 0 Å². The molecule has 0 N–H and O–H groups in total. The van der Waals surface area contributed by atoms with Gasteiger partial charge in [-0.25, -0.2) is 9.97 Å². The lowest BCUT2D eigenvalue weighted by molar-refractivity contribution is 0.980. The zero-order chi connectivity index (χ0) is 11.7. The quantitative estimate of drug-likeness (QED) is 0.724. The predicted octanol–water partition coefficient (Wildman–Crippen LogP) is 3.38. The molecule has 0 saturated heterocycles. The summed E-state index contributed by atoms with van der Waals surface area (Å²) in [5.41, 5.74) is 5.78. The lowest BCUT2D eigenvalue weighted by atomic mass is 9.98. The van der Waals surface area contributed by atoms with Crippen molar-refractivity contribution < 1.29 is 0 Å². The second-order valence-electron chi connectivity index (χ2n) is 4.13. The van der Waals surface area contributed by atoms with E-state index in [1.54, 1.807) is 0 Å². The minimum absolute atomic E-state index is 0.840. The predicted molar refractivity (Wildman–Crippen MR) is 66.4 cm³/mol. The Hall–Kier alpha value is -1.70. The molecule has 2 aromatic rings. The van der Waals surface area contributed by atoms with Gasteiger partial charge in [0.25, 0.3) is 0 Å². The van der Waals surface area contributed by atoms with E-state index in [1.807, 2.05) is 20.8 Å². The maximum absolute atomic E-state index is 4.44. The first kappa shape index (κ1) is 10.8. The molecule has 2 nitrogen and oxygen atoms in total. The van der Waals surface area contributed by atoms with Gasteiger partial charge < -0.3 is 0 Å². The summed E-state index contributed by atoms with van der Waals surface area (Å²) in [6.07, 6.45) is 0. The molecule has 2 heteroatoms. The Kier molecular flexibility index (Phi) is 2.73. The summed E-state index contributed by atoms with van der Waals surface area (Å²) in [5, 5.41) is 0. The molecule has 0 radical (unpaired) electrons. The van der Waals surface area contributed by atoms with Gasteiger partial charge in [0.2, 0.25) is 0 Å². The number of aromatic nitrogens is 2. The molecular formula is C14H16N2. The van der Waals surface area contributed by atoms with Crippen molar-refractivity contribution in [2.45, 2.75) is 27.7 Å². The van der Waals surface area contributed by atoms with Gasteiger partial charge in [-0.1, -0.05) is 24.3 Å². The van der Waals surface area contributed by atoms with Crippen molar-refractivity contribution in [1.82, 2.24) is 9.97 Å². The molecule has 1 aromatic carbocycles. The standard InChI is InChI=1S/C14H16N2/c1-9-7-5-6-8-13(9)14-10(2)15-12(4)16-11(14)3/h5-8H,1-4H3. The number of benzene rings is 1. The molecule has 0 aliphatic heterocycles. The number of rotatable bonds is 1. The lowest BCUT2D eigenvalue weighted by Gasteiger charge is -2.11. The van der Waals surface area contributed by atoms with E-state index in [0.29, 0.717) is 0 Å². The molecule has 0 saturated carbocycles. The SMILES string of the molecule is Cc1nc(C)c(-c2ccccc2C)c(C)n1. The maximum atomic E-state index is 4.44. The van der Waals surface area contributed by atoms with Crippen LogP contribution in [0.4, 0.5) is 0 Å². The molecular weight excluding hydrogens is 196 g/mol. The van der Waals surface area contributed by atoms with Crippen molar-refractivity contribution in [2.75, 3.05) is 0 Å². The Labute approximate surface area is 96.4 Å². The van der Waals surface area contributed by atoms with Crippen molar-refractivity contribution in [1.29, 1.82) is 0 Å². The number of nitrogens with zero attached hydrogens (tertiary/aromatic N) is 2. The number of hydrogen-bond acceptors (Lipinski definition) is 2. The van der Waals surface area contributed by atoms with Gasteiger partial charge >= 0.3 is 0 Å². The average molecular weight is 212 g/mol. The second-order valence-corrected chi connectivity index (χ2v) is 4.13. The van der Waals surface area contributed by atoms with Crippen LogP contribution in [0.3, 0.4) is 0 Å². The average Bonchev–Trinajstić information content (AvgIpc) is 2.19. The molecule has 0 amide bonds. The van der Waals surface area contributed by atoms with E-state index >= 15 is 0 Å². The maximum Gasteiger partial charge on any atom is 0.125 e. The number of hydrogen-bond donors (Lipinski definition) is 0. The summed E-state index contributed by atoms with van der Waals surface area (Å²) in [6.45, 7) is 8.14. The highest BCUT2D eigenvalue weighted by Crippen LogP contribution is 2.27. The van der Waals surface area contributed by atoms with Crippen molar-refractivity contribution >= 4 is 0 Å². The van der Waals surface area contributed by atoms with E-state index in [-0.39, 0.29) is 0 Å². The zero-order valence-corrected chi connectivity index (χ0v) is 10.2. The Morgan fingerprint density at radius 3 is 1.94 bits per heavy atom. The Morgan fingerprint density at radius 1 is 0.812 bits per heavy atom. The Bertz CT molecular complexity index is 507. The van der Waals surface area contributed by atoms with Crippen LogP contribution < -0.4 is 0 Å². The van der Waals surface area contributed by atoms with Crippen LogP contribution in [-0.4, -0.2) is 9.97 Å². The summed E-state index contributed by atoms with van der Waals surface area (Å²) in [4.78, 5) is 8.88. The molecule has 82 valence electrons. The molecule has 0 unspecified atom stereocenters. The summed E-state index contributed by atoms with van der Waals surface area (Å²) in [6, 6.07) is 8.36. The molecule has 1 aromatic heterocycles. The summed E-state index contributed by atoms with van der Waals surface area (Å²) < 4.78 is 0. The second kappa shape index (κ2) is 4.05. The van der Waals surface area contributed by atoms with Crippen LogP contribution in [0.2, 0.25) is 0 Å². The van der Waals surface area contributed by atoms with Gasteiger partial charge in [-0.05, 0) is 38.8 Å². The molecule has 0 atom stereocenters. The van der Waals surface area contributed by atoms with Crippen LogP contribution in [0.25, 0.3) is 11.1 Å². The molecule has 2 rings (SSSR count). The van der Waals surface area contributed by atoms with Crippen LogP contribution in [0, 0.1) is 27.7 Å². The summed E-state index contributed by atoms with van der Waals surface area (Å²) in [7, 11) is 0. The van der Waals surface area contributed by atoms with E-state index in [2.05, 4.69) is 41.2 Å². The van der Waals surface area contributed by atoms with Crippen molar-refractivity contribution in [3.63, 3.8) is 0 Å². The fraction of sp³-hybridized carbons (Fsp3) is 0.286. The monoisotopic (exact) mass is 212 g/mol. The minimum Gasteiger partial charge on any atom is -0.238 e. The molecule has 0 spiro atoms. The van der Waals surface area contributed by atoms with E-state index in [4.69, 9.17) is 0 Å². The topological polar surface area (TPSA) is 25.8 Å². The fourth-order valence-electron chi connectivity index (χ4n) is 2.13. The van der Waals surface area contributed by atoms with Gasteiger partial charge in [0.05, 0.1) is 0 Å². The third-order valence-corrected chi connectivity index (χ3v) is 2.80.